The minimum absolute atomic E-state index is 0.0455. The van der Waals surface area contributed by atoms with Gasteiger partial charge in [0, 0.05) is 5.69 Å². The number of para-hydroxylation sites is 1. The Morgan fingerprint density at radius 1 is 1.12 bits per heavy atom. The minimum atomic E-state index is -4.69. The molecule has 9 heteroatoms. The van der Waals surface area contributed by atoms with Gasteiger partial charge in [0.2, 0.25) is 0 Å². The molecule has 0 aliphatic rings. The smallest absolute Gasteiger partial charge is 0.333 e. The molecule has 0 aliphatic heterocycles. The maximum absolute atomic E-state index is 11.3. The van der Waals surface area contributed by atoms with E-state index < -0.39 is 27.0 Å². The van der Waals surface area contributed by atoms with Gasteiger partial charge in [-0.3, -0.25) is 9.13 Å². The van der Waals surface area contributed by atoms with Crippen LogP contribution in [-0.4, -0.2) is 25.7 Å². The van der Waals surface area contributed by atoms with Crippen LogP contribution < -0.4 is 5.73 Å². The average molecular weight is 281 g/mol. The Balaban J connectivity index is 3.22. The first-order valence-electron chi connectivity index (χ1n) is 4.55. The summed E-state index contributed by atoms with van der Waals surface area (Å²) in [6, 6.07) is 5.81. The number of hydrogen-bond donors (Lipinski definition) is 5. The number of benzene rings is 1. The van der Waals surface area contributed by atoms with E-state index in [9.17, 15) is 9.13 Å². The molecule has 1 atom stereocenters. The Kier molecular flexibility index (Phi) is 4.15. The Hall–Kier alpha value is -0.680. The molecular weight excluding hydrogens is 268 g/mol. The normalized spacial score (nSPS) is 14.6. The van der Waals surface area contributed by atoms with Crippen molar-refractivity contribution in [2.75, 3.05) is 11.9 Å². The summed E-state index contributed by atoms with van der Waals surface area (Å²) in [7, 11) is -9.24. The van der Waals surface area contributed by atoms with E-state index in [2.05, 4.69) is 0 Å². The third-order valence-corrected chi connectivity index (χ3v) is 4.57. The third-order valence-electron chi connectivity index (χ3n) is 2.17. The fourth-order valence-corrected chi connectivity index (χ4v) is 4.16. The van der Waals surface area contributed by atoms with Gasteiger partial charge in [-0.25, -0.2) is 0 Å². The summed E-state index contributed by atoms with van der Waals surface area (Å²) in [5.74, 6) is 0. The fraction of sp³-hybridized carbons (Fsp3) is 0.250. The lowest BCUT2D eigenvalue weighted by molar-refractivity contribution is 0.347. The van der Waals surface area contributed by atoms with E-state index in [1.54, 1.807) is 6.07 Å². The molecule has 1 aromatic rings. The van der Waals surface area contributed by atoms with Crippen LogP contribution in [0, 0.1) is 0 Å². The van der Waals surface area contributed by atoms with Crippen molar-refractivity contribution in [2.24, 2.45) is 0 Å². The van der Waals surface area contributed by atoms with E-state index in [4.69, 9.17) is 25.3 Å². The molecule has 0 radical (unpaired) electrons. The van der Waals surface area contributed by atoms with E-state index in [0.717, 1.165) is 0 Å². The molecule has 96 valence electrons. The number of nitrogens with two attached hydrogens (primary N) is 1. The Bertz CT molecular complexity index is 493. The van der Waals surface area contributed by atoms with Gasteiger partial charge < -0.3 is 25.3 Å². The number of anilines is 1. The highest BCUT2D eigenvalue weighted by Crippen LogP contribution is 2.58. The highest BCUT2D eigenvalue weighted by molar-refractivity contribution is 7.56. The van der Waals surface area contributed by atoms with Crippen LogP contribution in [0.1, 0.15) is 11.2 Å². The monoisotopic (exact) mass is 281 g/mol. The van der Waals surface area contributed by atoms with E-state index in [1.165, 1.54) is 18.2 Å². The zero-order valence-corrected chi connectivity index (χ0v) is 10.5. The largest absolute Gasteiger partial charge is 0.398 e. The summed E-state index contributed by atoms with van der Waals surface area (Å²) in [6.45, 7) is 0. The molecule has 7 nitrogen and oxygen atoms in total. The molecule has 1 aromatic carbocycles. The first kappa shape index (κ1) is 14.4. The van der Waals surface area contributed by atoms with Gasteiger partial charge in [-0.1, -0.05) is 18.2 Å². The van der Waals surface area contributed by atoms with Gasteiger partial charge >= 0.3 is 15.2 Å². The van der Waals surface area contributed by atoms with Crippen LogP contribution in [0.25, 0.3) is 0 Å². The lowest BCUT2D eigenvalue weighted by Gasteiger charge is -2.20. The molecule has 0 amide bonds. The lowest BCUT2D eigenvalue weighted by Crippen LogP contribution is -2.08. The lowest BCUT2D eigenvalue weighted by atomic mass is 10.1. The van der Waals surface area contributed by atoms with Crippen molar-refractivity contribution in [3.05, 3.63) is 29.8 Å². The summed E-state index contributed by atoms with van der Waals surface area (Å²) in [4.78, 5) is 35.9. The van der Waals surface area contributed by atoms with Crippen molar-refractivity contribution >= 4 is 20.9 Å². The summed E-state index contributed by atoms with van der Waals surface area (Å²) < 4.78 is 22.1. The first-order chi connectivity index (χ1) is 7.61. The van der Waals surface area contributed by atoms with Gasteiger partial charge in [0.05, 0.1) is 11.8 Å². The molecule has 0 bridgehead atoms. The molecule has 6 N–H and O–H groups in total. The molecule has 0 fully saturated rings. The van der Waals surface area contributed by atoms with Crippen LogP contribution in [0.4, 0.5) is 5.69 Å². The van der Waals surface area contributed by atoms with Crippen molar-refractivity contribution < 1.29 is 28.7 Å². The van der Waals surface area contributed by atoms with Crippen molar-refractivity contribution in [1.82, 2.24) is 0 Å². The van der Waals surface area contributed by atoms with Gasteiger partial charge in [0.25, 0.3) is 0 Å². The minimum Gasteiger partial charge on any atom is -0.398 e. The maximum Gasteiger partial charge on any atom is 0.333 e. The Morgan fingerprint density at radius 2 is 1.65 bits per heavy atom. The van der Waals surface area contributed by atoms with Crippen LogP contribution in [-0.2, 0) is 9.13 Å². The summed E-state index contributed by atoms with van der Waals surface area (Å²) in [5, 5.41) is 0. The Labute approximate surface area is 97.6 Å². The highest BCUT2D eigenvalue weighted by Gasteiger charge is 2.37. The molecule has 0 aromatic heterocycles. The van der Waals surface area contributed by atoms with E-state index in [0.29, 0.717) is 0 Å². The number of nitrogen functional groups attached to an aromatic ring is 1. The molecule has 0 heterocycles. The van der Waals surface area contributed by atoms with Crippen molar-refractivity contribution in [1.29, 1.82) is 0 Å². The van der Waals surface area contributed by atoms with Crippen LogP contribution in [0.15, 0.2) is 24.3 Å². The SMILES string of the molecule is Nc1ccccc1C(CP(=O)(O)O)P(=O)(O)O. The predicted octanol–water partition coefficient (Wildman–Crippen LogP) is 0.665. The summed E-state index contributed by atoms with van der Waals surface area (Å²) >= 11 is 0. The topological polar surface area (TPSA) is 141 Å². The third kappa shape index (κ3) is 4.24. The van der Waals surface area contributed by atoms with Crippen LogP contribution >= 0.6 is 15.2 Å². The molecular formula is C8H13NO6P2. The molecule has 17 heavy (non-hydrogen) atoms. The fourth-order valence-electron chi connectivity index (χ4n) is 1.43. The van der Waals surface area contributed by atoms with Crippen LogP contribution in [0.2, 0.25) is 0 Å². The highest BCUT2D eigenvalue weighted by atomic mass is 31.2. The average Bonchev–Trinajstić information content (AvgIpc) is 2.12. The van der Waals surface area contributed by atoms with Crippen LogP contribution in [0.5, 0.6) is 0 Å². The van der Waals surface area contributed by atoms with Crippen molar-refractivity contribution in [2.45, 2.75) is 5.66 Å². The predicted molar refractivity (Wildman–Crippen MR) is 62.6 cm³/mol. The zero-order chi connectivity index (χ0) is 13.3. The molecule has 1 rings (SSSR count). The van der Waals surface area contributed by atoms with Gasteiger partial charge in [-0.2, -0.15) is 0 Å². The first-order valence-corrected chi connectivity index (χ1v) is 8.03. The van der Waals surface area contributed by atoms with Crippen molar-refractivity contribution in [3.8, 4) is 0 Å². The molecule has 0 spiro atoms. The molecule has 0 aliphatic carbocycles. The van der Waals surface area contributed by atoms with Gasteiger partial charge in [0.1, 0.15) is 0 Å². The van der Waals surface area contributed by atoms with E-state index in [1.807, 2.05) is 0 Å². The van der Waals surface area contributed by atoms with Gasteiger partial charge in [-0.05, 0) is 11.6 Å². The second kappa shape index (κ2) is 4.90. The van der Waals surface area contributed by atoms with Crippen molar-refractivity contribution in [3.63, 3.8) is 0 Å². The maximum atomic E-state index is 11.3. The number of hydrogen-bond acceptors (Lipinski definition) is 3. The van der Waals surface area contributed by atoms with E-state index >= 15 is 0 Å². The summed E-state index contributed by atoms with van der Waals surface area (Å²) in [5.41, 5.74) is 4.09. The molecule has 0 saturated carbocycles. The quantitative estimate of drug-likeness (QED) is 0.403. The second-order valence-corrected chi connectivity index (χ2v) is 7.08. The Morgan fingerprint density at radius 3 is 2.06 bits per heavy atom. The molecule has 1 unspecified atom stereocenters. The zero-order valence-electron chi connectivity index (χ0n) is 8.67. The van der Waals surface area contributed by atoms with Gasteiger partial charge in [0.15, 0.2) is 0 Å². The summed E-state index contributed by atoms with van der Waals surface area (Å²) in [6.07, 6.45) is -0.939. The molecule has 0 saturated heterocycles. The van der Waals surface area contributed by atoms with Crippen LogP contribution in [0.3, 0.4) is 0 Å². The standard InChI is InChI=1S/C8H13NO6P2/c9-7-4-2-1-3-6(7)8(17(13,14)15)5-16(10,11)12/h1-4,8H,5,9H2,(H2,10,11,12)(H2,13,14,15). The number of rotatable bonds is 4. The van der Waals surface area contributed by atoms with E-state index in [-0.39, 0.29) is 11.3 Å². The van der Waals surface area contributed by atoms with Gasteiger partial charge in [-0.15, -0.1) is 0 Å². The second-order valence-electron chi connectivity index (χ2n) is 3.58.